The molecule has 2 heterocycles. The molecule has 0 unspecified atom stereocenters. The zero-order valence-corrected chi connectivity index (χ0v) is 11.7. The third kappa shape index (κ3) is 2.08. The fourth-order valence-electron chi connectivity index (χ4n) is 2.67. The molecule has 1 aliphatic rings. The van der Waals surface area contributed by atoms with Gasteiger partial charge in [0, 0.05) is 30.3 Å². The predicted octanol–water partition coefficient (Wildman–Crippen LogP) is 2.84. The van der Waals surface area contributed by atoms with Crippen LogP contribution in [0.1, 0.15) is 21.8 Å². The Hall–Kier alpha value is -1.19. The average molecular weight is 258 g/mol. The molecule has 2 nitrogen and oxygen atoms in total. The van der Waals surface area contributed by atoms with Gasteiger partial charge in [-0.1, -0.05) is 29.8 Å². The zero-order valence-electron chi connectivity index (χ0n) is 10.9. The summed E-state index contributed by atoms with van der Waals surface area (Å²) in [6.07, 6.45) is 1.05. The van der Waals surface area contributed by atoms with Crippen molar-refractivity contribution in [2.75, 3.05) is 13.1 Å². The van der Waals surface area contributed by atoms with Crippen LogP contribution in [0.4, 0.5) is 0 Å². The van der Waals surface area contributed by atoms with Gasteiger partial charge in [-0.25, -0.2) is 4.98 Å². The molecule has 1 N–H and O–H groups in total. The molecule has 94 valence electrons. The van der Waals surface area contributed by atoms with Crippen LogP contribution in [0.3, 0.4) is 0 Å². The Balaban J connectivity index is 1.90. The van der Waals surface area contributed by atoms with Gasteiger partial charge in [0.15, 0.2) is 0 Å². The molecule has 0 aliphatic carbocycles. The molecule has 0 saturated carbocycles. The molecular formula is C15H18N2S. The molecule has 1 aromatic heterocycles. The first-order chi connectivity index (χ1) is 8.68. The first-order valence-corrected chi connectivity index (χ1v) is 7.25. The largest absolute Gasteiger partial charge is 0.315 e. The maximum Gasteiger partial charge on any atom is 0.0897 e. The van der Waals surface area contributed by atoms with Crippen LogP contribution >= 0.6 is 11.3 Å². The molecule has 3 rings (SSSR count). The summed E-state index contributed by atoms with van der Waals surface area (Å²) >= 11 is 1.75. The lowest BCUT2D eigenvalue weighted by Gasteiger charge is -2.43. The highest BCUT2D eigenvalue weighted by Gasteiger charge is 2.39. The van der Waals surface area contributed by atoms with E-state index in [4.69, 9.17) is 0 Å². The minimum Gasteiger partial charge on any atom is -0.315 e. The number of hydrogen-bond donors (Lipinski definition) is 1. The van der Waals surface area contributed by atoms with Crippen molar-refractivity contribution in [2.24, 2.45) is 0 Å². The molecule has 0 amide bonds. The van der Waals surface area contributed by atoms with E-state index in [0.29, 0.717) is 0 Å². The van der Waals surface area contributed by atoms with Gasteiger partial charge in [-0.15, -0.1) is 11.3 Å². The highest BCUT2D eigenvalue weighted by molar-refractivity contribution is 7.09. The molecule has 2 aromatic rings. The van der Waals surface area contributed by atoms with E-state index < -0.39 is 0 Å². The van der Waals surface area contributed by atoms with Gasteiger partial charge < -0.3 is 5.32 Å². The van der Waals surface area contributed by atoms with Crippen molar-refractivity contribution in [3.8, 4) is 0 Å². The van der Waals surface area contributed by atoms with E-state index in [2.05, 4.69) is 53.8 Å². The number of nitrogens with zero attached hydrogens (tertiary/aromatic N) is 1. The summed E-state index contributed by atoms with van der Waals surface area (Å²) < 4.78 is 0. The van der Waals surface area contributed by atoms with Crippen LogP contribution in [0.2, 0.25) is 0 Å². The van der Waals surface area contributed by atoms with Crippen molar-refractivity contribution in [2.45, 2.75) is 25.7 Å². The molecule has 1 fully saturated rings. The molecule has 18 heavy (non-hydrogen) atoms. The number of rotatable bonds is 3. The van der Waals surface area contributed by atoms with Crippen molar-refractivity contribution in [1.29, 1.82) is 0 Å². The Labute approximate surface area is 112 Å². The van der Waals surface area contributed by atoms with Crippen LogP contribution in [0.5, 0.6) is 0 Å². The first kappa shape index (κ1) is 11.9. The van der Waals surface area contributed by atoms with Gasteiger partial charge in [-0.3, -0.25) is 0 Å². The van der Waals surface area contributed by atoms with Crippen molar-refractivity contribution in [1.82, 2.24) is 10.3 Å². The van der Waals surface area contributed by atoms with Gasteiger partial charge in [-0.05, 0) is 19.4 Å². The summed E-state index contributed by atoms with van der Waals surface area (Å²) in [6.45, 7) is 6.36. The Morgan fingerprint density at radius 1 is 1.33 bits per heavy atom. The third-order valence-corrected chi connectivity index (χ3v) is 4.57. The van der Waals surface area contributed by atoms with E-state index in [1.54, 1.807) is 11.3 Å². The highest BCUT2D eigenvalue weighted by atomic mass is 32.1. The van der Waals surface area contributed by atoms with Gasteiger partial charge in [0.1, 0.15) is 0 Å². The highest BCUT2D eigenvalue weighted by Crippen LogP contribution is 2.33. The summed E-state index contributed by atoms with van der Waals surface area (Å²) in [5, 5.41) is 6.79. The lowest BCUT2D eigenvalue weighted by atomic mass is 9.72. The van der Waals surface area contributed by atoms with E-state index in [1.165, 1.54) is 16.8 Å². The van der Waals surface area contributed by atoms with Crippen LogP contribution < -0.4 is 5.32 Å². The number of thiazole rings is 1. The lowest BCUT2D eigenvalue weighted by Crippen LogP contribution is -2.58. The molecule has 1 aliphatic heterocycles. The Bertz CT molecular complexity index is 555. The molecule has 1 aromatic carbocycles. The van der Waals surface area contributed by atoms with Gasteiger partial charge >= 0.3 is 0 Å². The van der Waals surface area contributed by atoms with Crippen molar-refractivity contribution >= 4 is 11.3 Å². The van der Waals surface area contributed by atoms with E-state index >= 15 is 0 Å². The zero-order chi connectivity index (χ0) is 12.6. The SMILES string of the molecule is Cc1cccc(C2(Cc3csc(C)n3)CNC2)c1. The van der Waals surface area contributed by atoms with Crippen LogP contribution in [-0.2, 0) is 11.8 Å². The number of aromatic nitrogens is 1. The van der Waals surface area contributed by atoms with E-state index in [1.807, 2.05) is 0 Å². The van der Waals surface area contributed by atoms with Crippen LogP contribution in [0.15, 0.2) is 29.6 Å². The van der Waals surface area contributed by atoms with E-state index in [-0.39, 0.29) is 5.41 Å². The average Bonchev–Trinajstić information content (AvgIpc) is 2.69. The summed E-state index contributed by atoms with van der Waals surface area (Å²) in [4.78, 5) is 4.62. The second kappa shape index (κ2) is 4.48. The van der Waals surface area contributed by atoms with Crippen LogP contribution in [0.25, 0.3) is 0 Å². The molecule has 3 heteroatoms. The topological polar surface area (TPSA) is 24.9 Å². The van der Waals surface area contributed by atoms with Gasteiger partial charge in [-0.2, -0.15) is 0 Å². The summed E-state index contributed by atoms with van der Waals surface area (Å²) in [5.74, 6) is 0. The van der Waals surface area contributed by atoms with Crippen LogP contribution in [0, 0.1) is 13.8 Å². The standard InChI is InChI=1S/C15H18N2S/c1-11-4-3-5-13(6-11)15(9-16-10-15)7-14-8-18-12(2)17-14/h3-6,8,16H,7,9-10H2,1-2H3. The normalized spacial score (nSPS) is 17.4. The smallest absolute Gasteiger partial charge is 0.0897 e. The summed E-state index contributed by atoms with van der Waals surface area (Å²) in [7, 11) is 0. The molecule has 1 saturated heterocycles. The second-order valence-corrected chi connectivity index (χ2v) is 6.35. The van der Waals surface area contributed by atoms with Gasteiger partial charge in [0.05, 0.1) is 10.7 Å². The van der Waals surface area contributed by atoms with Crippen molar-refractivity contribution in [3.63, 3.8) is 0 Å². The Morgan fingerprint density at radius 2 is 2.17 bits per heavy atom. The summed E-state index contributed by atoms with van der Waals surface area (Å²) in [6, 6.07) is 8.90. The number of aryl methyl sites for hydroxylation is 2. The summed E-state index contributed by atoms with van der Waals surface area (Å²) in [5.41, 5.74) is 4.28. The minimum absolute atomic E-state index is 0.256. The quantitative estimate of drug-likeness (QED) is 0.915. The maximum atomic E-state index is 4.62. The van der Waals surface area contributed by atoms with Gasteiger partial charge in [0.2, 0.25) is 0 Å². The maximum absolute atomic E-state index is 4.62. The second-order valence-electron chi connectivity index (χ2n) is 5.29. The van der Waals surface area contributed by atoms with Crippen molar-refractivity contribution < 1.29 is 0 Å². The number of hydrogen-bond acceptors (Lipinski definition) is 3. The minimum atomic E-state index is 0.256. The third-order valence-electron chi connectivity index (χ3n) is 3.74. The predicted molar refractivity (Wildman–Crippen MR) is 76.3 cm³/mol. The Morgan fingerprint density at radius 3 is 2.72 bits per heavy atom. The number of nitrogens with one attached hydrogen (secondary N) is 1. The number of benzene rings is 1. The van der Waals surface area contributed by atoms with Crippen molar-refractivity contribution in [3.05, 3.63) is 51.5 Å². The van der Waals surface area contributed by atoms with Crippen LogP contribution in [-0.4, -0.2) is 18.1 Å². The van der Waals surface area contributed by atoms with E-state index in [0.717, 1.165) is 24.5 Å². The fraction of sp³-hybridized carbons (Fsp3) is 0.400. The first-order valence-electron chi connectivity index (χ1n) is 6.37. The monoisotopic (exact) mass is 258 g/mol. The lowest BCUT2D eigenvalue weighted by molar-refractivity contribution is 0.273. The molecule has 0 radical (unpaired) electrons. The Kier molecular flexibility index (Phi) is 2.96. The molecule has 0 bridgehead atoms. The van der Waals surface area contributed by atoms with Gasteiger partial charge in [0.25, 0.3) is 0 Å². The molecule has 0 spiro atoms. The molecular weight excluding hydrogens is 240 g/mol. The fourth-order valence-corrected chi connectivity index (χ4v) is 3.28. The van der Waals surface area contributed by atoms with E-state index in [9.17, 15) is 0 Å². The molecule has 0 atom stereocenters.